The fourth-order valence-corrected chi connectivity index (χ4v) is 2.39. The average Bonchev–Trinajstić information content (AvgIpc) is 2.49. The molecule has 0 aromatic heterocycles. The minimum absolute atomic E-state index is 0.287. The van der Waals surface area contributed by atoms with Gasteiger partial charge in [-0.2, -0.15) is 0 Å². The summed E-state index contributed by atoms with van der Waals surface area (Å²) in [5.41, 5.74) is 4.83. The van der Waals surface area contributed by atoms with Gasteiger partial charge in [-0.05, 0) is 54.3 Å². The molecule has 0 unspecified atom stereocenters. The van der Waals surface area contributed by atoms with E-state index in [0.29, 0.717) is 12.1 Å². The van der Waals surface area contributed by atoms with Gasteiger partial charge < -0.3 is 15.2 Å². The Hall–Kier alpha value is -2.33. The lowest BCUT2D eigenvalue weighted by Gasteiger charge is -2.10. The molecule has 0 aliphatic rings. The van der Waals surface area contributed by atoms with Crippen molar-refractivity contribution in [1.82, 2.24) is 5.32 Å². The monoisotopic (exact) mass is 299 g/mol. The molecule has 2 aromatic carbocycles. The van der Waals surface area contributed by atoms with Crippen molar-refractivity contribution in [1.29, 1.82) is 0 Å². The van der Waals surface area contributed by atoms with Crippen LogP contribution in [0.15, 0.2) is 36.4 Å². The van der Waals surface area contributed by atoms with Crippen LogP contribution in [0.25, 0.3) is 0 Å². The van der Waals surface area contributed by atoms with E-state index in [9.17, 15) is 9.90 Å². The van der Waals surface area contributed by atoms with E-state index in [0.717, 1.165) is 28.8 Å². The summed E-state index contributed by atoms with van der Waals surface area (Å²) in [7, 11) is 1.39. The molecule has 0 fully saturated rings. The molecule has 4 heteroatoms. The van der Waals surface area contributed by atoms with Crippen molar-refractivity contribution in [2.45, 2.75) is 26.9 Å². The highest BCUT2D eigenvalue weighted by Crippen LogP contribution is 2.16. The Morgan fingerprint density at radius 3 is 2.50 bits per heavy atom. The van der Waals surface area contributed by atoms with Crippen LogP contribution in [-0.4, -0.2) is 18.2 Å². The molecule has 0 atom stereocenters. The molecule has 0 amide bonds. The van der Waals surface area contributed by atoms with Gasteiger partial charge in [-0.1, -0.05) is 18.2 Å². The Labute approximate surface area is 130 Å². The molecule has 0 saturated carbocycles. The van der Waals surface area contributed by atoms with E-state index in [2.05, 4.69) is 5.32 Å². The molecular weight excluding hydrogens is 278 g/mol. The molecule has 0 bridgehead atoms. The number of aromatic hydroxyl groups is 1. The quantitative estimate of drug-likeness (QED) is 0.833. The highest BCUT2D eigenvalue weighted by atomic mass is 16.5. The van der Waals surface area contributed by atoms with Gasteiger partial charge in [-0.25, -0.2) is 4.79 Å². The van der Waals surface area contributed by atoms with Crippen LogP contribution < -0.4 is 5.32 Å². The van der Waals surface area contributed by atoms with Crippen molar-refractivity contribution in [3.8, 4) is 5.75 Å². The van der Waals surface area contributed by atoms with Gasteiger partial charge in [0.15, 0.2) is 0 Å². The molecule has 0 saturated heterocycles. The zero-order valence-electron chi connectivity index (χ0n) is 13.1. The minimum atomic E-state index is -0.309. The van der Waals surface area contributed by atoms with E-state index in [4.69, 9.17) is 4.74 Å². The molecule has 116 valence electrons. The van der Waals surface area contributed by atoms with E-state index in [1.54, 1.807) is 18.2 Å². The maximum Gasteiger partial charge on any atom is 0.338 e. The number of phenols is 1. The van der Waals surface area contributed by atoms with Crippen molar-refractivity contribution in [3.05, 3.63) is 64.2 Å². The van der Waals surface area contributed by atoms with E-state index >= 15 is 0 Å². The Kier molecular flexibility index (Phi) is 5.17. The van der Waals surface area contributed by atoms with Gasteiger partial charge in [0.25, 0.3) is 0 Å². The highest BCUT2D eigenvalue weighted by molar-refractivity contribution is 5.90. The Morgan fingerprint density at radius 2 is 1.86 bits per heavy atom. The molecule has 0 aliphatic heterocycles. The zero-order chi connectivity index (χ0) is 16.1. The summed E-state index contributed by atoms with van der Waals surface area (Å²) in [6.45, 7) is 5.32. The van der Waals surface area contributed by atoms with E-state index < -0.39 is 0 Å². The number of hydrogen-bond acceptors (Lipinski definition) is 4. The molecule has 2 rings (SSSR count). The number of hydrogen-bond donors (Lipinski definition) is 2. The first kappa shape index (κ1) is 16.0. The number of carbonyl (C=O) groups is 1. The number of nitrogens with one attached hydrogen (secondary N) is 1. The second-order valence-corrected chi connectivity index (χ2v) is 5.36. The Bertz CT molecular complexity index is 680. The van der Waals surface area contributed by atoms with Crippen LogP contribution in [0.1, 0.15) is 32.6 Å². The Morgan fingerprint density at radius 1 is 1.09 bits per heavy atom. The first-order chi connectivity index (χ1) is 10.5. The van der Waals surface area contributed by atoms with Crippen LogP contribution in [0.2, 0.25) is 0 Å². The lowest BCUT2D eigenvalue weighted by molar-refractivity contribution is 0.0600. The molecule has 4 nitrogen and oxygen atoms in total. The van der Waals surface area contributed by atoms with Crippen LogP contribution in [0.3, 0.4) is 0 Å². The molecule has 0 aliphatic carbocycles. The number of benzene rings is 2. The predicted molar refractivity (Wildman–Crippen MR) is 85.9 cm³/mol. The van der Waals surface area contributed by atoms with Crippen molar-refractivity contribution in [3.63, 3.8) is 0 Å². The number of esters is 1. The standard InChI is InChI=1S/C18H21NO3/c1-12-9-16(20)6-5-15(12)11-19-10-14-4-7-17(13(2)8-14)18(21)22-3/h4-9,19-20H,10-11H2,1-3H3. The van der Waals surface area contributed by atoms with Crippen LogP contribution in [0.4, 0.5) is 0 Å². The third kappa shape index (κ3) is 3.86. The SMILES string of the molecule is COC(=O)c1ccc(CNCc2ccc(O)cc2C)cc1C. The molecule has 22 heavy (non-hydrogen) atoms. The molecular formula is C18H21NO3. The molecule has 2 N–H and O–H groups in total. The van der Waals surface area contributed by atoms with Crippen molar-refractivity contribution < 1.29 is 14.6 Å². The molecule has 0 heterocycles. The smallest absolute Gasteiger partial charge is 0.338 e. The fraction of sp³-hybridized carbons (Fsp3) is 0.278. The van der Waals surface area contributed by atoms with Crippen LogP contribution in [-0.2, 0) is 17.8 Å². The van der Waals surface area contributed by atoms with Gasteiger partial charge >= 0.3 is 5.97 Å². The summed E-state index contributed by atoms with van der Waals surface area (Å²) in [5, 5.41) is 12.8. The summed E-state index contributed by atoms with van der Waals surface area (Å²) in [6, 6.07) is 11.1. The summed E-state index contributed by atoms with van der Waals surface area (Å²) < 4.78 is 4.74. The van der Waals surface area contributed by atoms with Crippen molar-refractivity contribution in [2.75, 3.05) is 7.11 Å². The Balaban J connectivity index is 1.97. The second-order valence-electron chi connectivity index (χ2n) is 5.36. The van der Waals surface area contributed by atoms with Gasteiger partial charge in [0, 0.05) is 13.1 Å². The highest BCUT2D eigenvalue weighted by Gasteiger charge is 2.09. The maximum absolute atomic E-state index is 11.6. The number of phenolic OH excluding ortho intramolecular Hbond substituents is 1. The van der Waals surface area contributed by atoms with E-state index in [1.807, 2.05) is 32.0 Å². The number of aryl methyl sites for hydroxylation is 2. The van der Waals surface area contributed by atoms with Gasteiger partial charge in [-0.3, -0.25) is 0 Å². The number of methoxy groups -OCH3 is 1. The molecule has 0 radical (unpaired) electrons. The number of carbonyl (C=O) groups excluding carboxylic acids is 1. The summed E-state index contributed by atoms with van der Waals surface area (Å²) in [5.74, 6) is -0.0213. The first-order valence-electron chi connectivity index (χ1n) is 7.18. The largest absolute Gasteiger partial charge is 0.508 e. The first-order valence-corrected chi connectivity index (χ1v) is 7.18. The van der Waals surface area contributed by atoms with Crippen LogP contribution >= 0.6 is 0 Å². The number of ether oxygens (including phenoxy) is 1. The summed E-state index contributed by atoms with van der Waals surface area (Å²) >= 11 is 0. The third-order valence-electron chi connectivity index (χ3n) is 3.67. The summed E-state index contributed by atoms with van der Waals surface area (Å²) in [6.07, 6.45) is 0. The normalized spacial score (nSPS) is 10.5. The summed E-state index contributed by atoms with van der Waals surface area (Å²) in [4.78, 5) is 11.6. The van der Waals surface area contributed by atoms with Crippen molar-refractivity contribution >= 4 is 5.97 Å². The maximum atomic E-state index is 11.6. The van der Waals surface area contributed by atoms with Crippen molar-refractivity contribution in [2.24, 2.45) is 0 Å². The minimum Gasteiger partial charge on any atom is -0.508 e. The van der Waals surface area contributed by atoms with Crippen LogP contribution in [0.5, 0.6) is 5.75 Å². The average molecular weight is 299 g/mol. The topological polar surface area (TPSA) is 58.6 Å². The van der Waals surface area contributed by atoms with Crippen LogP contribution in [0, 0.1) is 13.8 Å². The predicted octanol–water partition coefficient (Wildman–Crippen LogP) is 3.09. The second kappa shape index (κ2) is 7.09. The number of rotatable bonds is 5. The van der Waals surface area contributed by atoms with E-state index in [-0.39, 0.29) is 11.7 Å². The van der Waals surface area contributed by atoms with E-state index in [1.165, 1.54) is 7.11 Å². The fourth-order valence-electron chi connectivity index (χ4n) is 2.39. The van der Waals surface area contributed by atoms with Gasteiger partial charge in [-0.15, -0.1) is 0 Å². The lowest BCUT2D eigenvalue weighted by Crippen LogP contribution is -2.14. The van der Waals surface area contributed by atoms with Gasteiger partial charge in [0.05, 0.1) is 12.7 Å². The third-order valence-corrected chi connectivity index (χ3v) is 3.67. The zero-order valence-corrected chi connectivity index (χ0v) is 13.1. The molecule has 0 spiro atoms. The van der Waals surface area contributed by atoms with Gasteiger partial charge in [0.2, 0.25) is 0 Å². The molecule has 2 aromatic rings. The van der Waals surface area contributed by atoms with Gasteiger partial charge in [0.1, 0.15) is 5.75 Å². The lowest BCUT2D eigenvalue weighted by atomic mass is 10.0.